The summed E-state index contributed by atoms with van der Waals surface area (Å²) in [5.74, 6) is -1.71. The number of amides is 2. The van der Waals surface area contributed by atoms with E-state index in [4.69, 9.17) is 9.15 Å². The second-order valence-electron chi connectivity index (χ2n) is 4.49. The quantitative estimate of drug-likeness (QED) is 0.636. The highest BCUT2D eigenvalue weighted by Gasteiger charge is 2.17. The summed E-state index contributed by atoms with van der Waals surface area (Å²) >= 11 is 3.31. The Kier molecular flexibility index (Phi) is 4.81. The van der Waals surface area contributed by atoms with E-state index in [1.54, 1.807) is 18.2 Å². The van der Waals surface area contributed by atoms with Crippen molar-refractivity contribution in [2.24, 2.45) is 0 Å². The average molecular weight is 369 g/mol. The molecule has 0 saturated carbocycles. The number of hydrogen-bond donors (Lipinski definition) is 2. The van der Waals surface area contributed by atoms with Crippen molar-refractivity contribution in [1.29, 1.82) is 0 Å². The Labute approximate surface area is 134 Å². The van der Waals surface area contributed by atoms with Crippen LogP contribution in [0.2, 0.25) is 0 Å². The topological polar surface area (TPSA) is 97.6 Å². The minimum Gasteiger partial charge on any atom is -0.463 e. The highest BCUT2D eigenvalue weighted by Crippen LogP contribution is 2.26. The summed E-state index contributed by atoms with van der Waals surface area (Å²) in [6, 6.07) is 4.84. The van der Waals surface area contributed by atoms with E-state index in [1.165, 1.54) is 20.1 Å². The minimum atomic E-state index is -0.997. The summed E-state index contributed by atoms with van der Waals surface area (Å²) in [5.41, 5.74) is 5.42. The van der Waals surface area contributed by atoms with Crippen molar-refractivity contribution < 1.29 is 23.5 Å². The summed E-state index contributed by atoms with van der Waals surface area (Å²) in [6.45, 7) is 2.60. The van der Waals surface area contributed by atoms with Gasteiger partial charge in [0.1, 0.15) is 11.8 Å². The smallest absolute Gasteiger partial charge is 0.303 e. The van der Waals surface area contributed by atoms with Crippen molar-refractivity contribution >= 4 is 44.7 Å². The normalized spacial score (nSPS) is 11.8. The number of ether oxygens (including phenoxy) is 1. The Balaban J connectivity index is 2.00. The molecule has 22 heavy (non-hydrogen) atoms. The predicted octanol–water partition coefficient (Wildman–Crippen LogP) is 1.91. The molecule has 2 aromatic rings. The number of benzene rings is 1. The summed E-state index contributed by atoms with van der Waals surface area (Å²) in [5, 5.41) is 0.743. The molecule has 1 heterocycles. The zero-order valence-electron chi connectivity index (χ0n) is 11.8. The monoisotopic (exact) mass is 368 g/mol. The number of furan rings is 1. The minimum absolute atomic E-state index is 0.343. The van der Waals surface area contributed by atoms with E-state index >= 15 is 0 Å². The molecule has 7 nitrogen and oxygen atoms in total. The van der Waals surface area contributed by atoms with Gasteiger partial charge in [0.2, 0.25) is 0 Å². The molecule has 2 amide bonds. The molecule has 0 aliphatic carbocycles. The maximum atomic E-state index is 12.0. The van der Waals surface area contributed by atoms with E-state index in [0.717, 1.165) is 9.86 Å². The van der Waals surface area contributed by atoms with Crippen molar-refractivity contribution in [3.8, 4) is 0 Å². The molecule has 1 aromatic heterocycles. The molecule has 0 fully saturated rings. The molecule has 0 saturated heterocycles. The van der Waals surface area contributed by atoms with E-state index in [-0.39, 0.29) is 0 Å². The van der Waals surface area contributed by atoms with Crippen LogP contribution >= 0.6 is 15.9 Å². The third-order valence-corrected chi connectivity index (χ3v) is 3.41. The van der Waals surface area contributed by atoms with Crippen LogP contribution in [-0.2, 0) is 14.3 Å². The van der Waals surface area contributed by atoms with Crippen LogP contribution in [0.4, 0.5) is 0 Å². The van der Waals surface area contributed by atoms with Gasteiger partial charge in [-0.3, -0.25) is 25.2 Å². The van der Waals surface area contributed by atoms with Crippen molar-refractivity contribution in [3.05, 3.63) is 34.5 Å². The number of nitrogens with one attached hydrogen (secondary N) is 2. The number of rotatable bonds is 3. The van der Waals surface area contributed by atoms with Crippen LogP contribution in [0.5, 0.6) is 0 Å². The summed E-state index contributed by atoms with van der Waals surface area (Å²) in [6.07, 6.45) is 0.526. The third-order valence-electron chi connectivity index (χ3n) is 2.80. The molecule has 0 radical (unpaired) electrons. The van der Waals surface area contributed by atoms with Gasteiger partial charge in [-0.1, -0.05) is 0 Å². The summed E-state index contributed by atoms with van der Waals surface area (Å²) < 4.78 is 10.7. The maximum absolute atomic E-state index is 12.0. The lowest BCUT2D eigenvalue weighted by Crippen LogP contribution is -2.46. The van der Waals surface area contributed by atoms with Gasteiger partial charge in [0.25, 0.3) is 11.8 Å². The molecule has 2 rings (SSSR count). The number of halogens is 1. The molecule has 0 spiro atoms. The zero-order valence-corrected chi connectivity index (χ0v) is 13.4. The van der Waals surface area contributed by atoms with Gasteiger partial charge >= 0.3 is 5.97 Å². The van der Waals surface area contributed by atoms with Gasteiger partial charge < -0.3 is 9.15 Å². The number of esters is 1. The second-order valence-corrected chi connectivity index (χ2v) is 5.34. The fourth-order valence-electron chi connectivity index (χ4n) is 1.73. The Morgan fingerprint density at radius 1 is 1.27 bits per heavy atom. The van der Waals surface area contributed by atoms with Crippen LogP contribution in [0.15, 0.2) is 33.4 Å². The highest BCUT2D eigenvalue weighted by atomic mass is 79.9. The Morgan fingerprint density at radius 2 is 2.00 bits per heavy atom. The highest BCUT2D eigenvalue weighted by molar-refractivity contribution is 9.10. The van der Waals surface area contributed by atoms with Gasteiger partial charge in [0.05, 0.1) is 4.47 Å². The first-order valence-corrected chi connectivity index (χ1v) is 7.12. The first-order chi connectivity index (χ1) is 10.4. The predicted molar refractivity (Wildman–Crippen MR) is 80.8 cm³/mol. The summed E-state index contributed by atoms with van der Waals surface area (Å²) in [7, 11) is 0. The van der Waals surface area contributed by atoms with E-state index in [9.17, 15) is 14.4 Å². The number of fused-ring (bicyclic) bond motifs is 1. The first-order valence-electron chi connectivity index (χ1n) is 6.32. The lowest BCUT2D eigenvalue weighted by Gasteiger charge is -2.12. The van der Waals surface area contributed by atoms with Gasteiger partial charge in [-0.2, -0.15) is 0 Å². The van der Waals surface area contributed by atoms with E-state index in [1.807, 2.05) is 0 Å². The summed E-state index contributed by atoms with van der Waals surface area (Å²) in [4.78, 5) is 34.4. The molecule has 2 N–H and O–H groups in total. The molecule has 0 bridgehead atoms. The maximum Gasteiger partial charge on any atom is 0.303 e. The van der Waals surface area contributed by atoms with Gasteiger partial charge in [-0.05, 0) is 41.1 Å². The molecule has 1 aromatic carbocycles. The molecule has 8 heteroatoms. The molecule has 0 aliphatic rings. The van der Waals surface area contributed by atoms with Gasteiger partial charge in [0, 0.05) is 17.9 Å². The molecule has 1 unspecified atom stereocenters. The van der Waals surface area contributed by atoms with Crippen molar-refractivity contribution in [3.63, 3.8) is 0 Å². The van der Waals surface area contributed by atoms with E-state index in [0.29, 0.717) is 11.1 Å². The number of carbonyl (C=O) groups excluding carboxylic acids is 3. The Morgan fingerprint density at radius 3 is 2.68 bits per heavy atom. The van der Waals surface area contributed by atoms with Crippen molar-refractivity contribution in [1.82, 2.24) is 10.9 Å². The molecule has 116 valence electrons. The fourth-order valence-corrected chi connectivity index (χ4v) is 2.14. The van der Waals surface area contributed by atoms with Crippen LogP contribution < -0.4 is 10.9 Å². The third kappa shape index (κ3) is 3.64. The van der Waals surface area contributed by atoms with Crippen LogP contribution in [0.3, 0.4) is 0 Å². The van der Waals surface area contributed by atoms with Crippen LogP contribution in [-0.4, -0.2) is 23.9 Å². The fraction of sp³-hybridized carbons (Fsp3) is 0.214. The second kappa shape index (κ2) is 6.61. The Bertz CT molecular complexity index is 740. The number of carbonyl (C=O) groups is 3. The molecular weight excluding hydrogens is 356 g/mol. The standard InChI is InChI=1S/C14H13BrN2O5/c1-7(22-8(2)18)13(19)16-17-14(20)9-3-4-12-10(5-9)11(15)6-21-12/h3-7H,1-2H3,(H,16,19)(H,17,20). The lowest BCUT2D eigenvalue weighted by atomic mass is 10.1. The number of hydrogen-bond acceptors (Lipinski definition) is 5. The van der Waals surface area contributed by atoms with Gasteiger partial charge in [-0.25, -0.2) is 0 Å². The molecule has 0 aliphatic heterocycles. The van der Waals surface area contributed by atoms with Gasteiger partial charge in [0.15, 0.2) is 6.10 Å². The van der Waals surface area contributed by atoms with E-state index < -0.39 is 23.9 Å². The van der Waals surface area contributed by atoms with Crippen LogP contribution in [0.25, 0.3) is 11.0 Å². The SMILES string of the molecule is CC(=O)OC(C)C(=O)NNC(=O)c1ccc2occ(Br)c2c1. The lowest BCUT2D eigenvalue weighted by molar-refractivity contribution is -0.152. The average Bonchev–Trinajstić information content (AvgIpc) is 2.84. The van der Waals surface area contributed by atoms with E-state index in [2.05, 4.69) is 26.8 Å². The van der Waals surface area contributed by atoms with Crippen LogP contribution in [0.1, 0.15) is 24.2 Å². The zero-order chi connectivity index (χ0) is 16.3. The largest absolute Gasteiger partial charge is 0.463 e. The van der Waals surface area contributed by atoms with Crippen molar-refractivity contribution in [2.75, 3.05) is 0 Å². The van der Waals surface area contributed by atoms with Crippen LogP contribution in [0, 0.1) is 0 Å². The molecule has 1 atom stereocenters. The molecular formula is C14H13BrN2O5. The van der Waals surface area contributed by atoms with Crippen molar-refractivity contribution in [2.45, 2.75) is 20.0 Å². The first kappa shape index (κ1) is 16.0. The number of hydrazine groups is 1. The Hall–Kier alpha value is -2.35. The van der Waals surface area contributed by atoms with Gasteiger partial charge in [-0.15, -0.1) is 0 Å².